The number of rotatable bonds is 6. The summed E-state index contributed by atoms with van der Waals surface area (Å²) in [5.41, 5.74) is 4.99. The van der Waals surface area contributed by atoms with Gasteiger partial charge in [0.25, 0.3) is 0 Å². The van der Waals surface area contributed by atoms with Crippen molar-refractivity contribution in [3.05, 3.63) is 88.6 Å². The zero-order valence-electron chi connectivity index (χ0n) is 25.4. The highest BCUT2D eigenvalue weighted by Crippen LogP contribution is 2.47. The van der Waals surface area contributed by atoms with Crippen molar-refractivity contribution >= 4 is 35.3 Å². The number of likely N-dealkylation sites (tertiary alicyclic amines) is 1. The zero-order chi connectivity index (χ0) is 31.0. The van der Waals surface area contributed by atoms with Gasteiger partial charge >= 0.3 is 6.03 Å². The van der Waals surface area contributed by atoms with Crippen molar-refractivity contribution in [2.45, 2.75) is 44.6 Å². The number of nitrogens with zero attached hydrogens (tertiary/aromatic N) is 4. The lowest BCUT2D eigenvalue weighted by atomic mass is 9.79. The number of pyridine rings is 1. The van der Waals surface area contributed by atoms with E-state index in [-0.39, 0.29) is 36.2 Å². The monoisotopic (exact) mass is 594 g/mol. The number of hydrogen-bond donors (Lipinski definition) is 2. The lowest BCUT2D eigenvalue weighted by molar-refractivity contribution is -0.140. The van der Waals surface area contributed by atoms with Crippen molar-refractivity contribution in [1.82, 2.24) is 19.7 Å². The van der Waals surface area contributed by atoms with E-state index in [1.165, 1.54) is 0 Å². The van der Waals surface area contributed by atoms with Gasteiger partial charge in [-0.3, -0.25) is 14.4 Å². The third-order valence-corrected chi connectivity index (χ3v) is 9.23. The highest BCUT2D eigenvalue weighted by atomic mass is 16.2. The topological polar surface area (TPSA) is 115 Å². The molecule has 2 aromatic carbocycles. The highest BCUT2D eigenvalue weighted by molar-refractivity contribution is 6.06. The summed E-state index contributed by atoms with van der Waals surface area (Å²) >= 11 is 0. The molecular formula is C34H38N6O4. The summed E-state index contributed by atoms with van der Waals surface area (Å²) in [5, 5.41) is 5.93. The Balaban J connectivity index is 1.15. The van der Waals surface area contributed by atoms with Crippen LogP contribution in [0, 0.1) is 12.8 Å². The molecule has 228 valence electrons. The summed E-state index contributed by atoms with van der Waals surface area (Å²) in [4.78, 5) is 62.0. The number of hydrogen-bond acceptors (Lipinski definition) is 5. The van der Waals surface area contributed by atoms with Crippen LogP contribution in [-0.2, 0) is 39.2 Å². The molecule has 1 unspecified atom stereocenters. The van der Waals surface area contributed by atoms with E-state index in [0.29, 0.717) is 56.8 Å². The molecule has 0 saturated carbocycles. The molecule has 0 radical (unpaired) electrons. The largest absolute Gasteiger partial charge is 0.331 e. The standard InChI is InChI=1S/C34H38N6O4/c1-22-7-4-5-8-25(22)20-40(31(42)23-12-15-39(16-13-23)33(44)38(2)3)21-29(41)36-27-11-10-24-18-34(19-26(24)17-27)28-9-6-14-35-30(28)37-32(34)43/h4-11,14,17,23H,12-13,15-16,18-21H2,1-3H3,(H,36,41)(H,35,37,43). The first-order valence-electron chi connectivity index (χ1n) is 15.1. The maximum atomic E-state index is 13.8. The van der Waals surface area contributed by atoms with Gasteiger partial charge in [-0.2, -0.15) is 0 Å². The first-order chi connectivity index (χ1) is 21.1. The van der Waals surface area contributed by atoms with Gasteiger partial charge in [-0.05, 0) is 73.1 Å². The minimum atomic E-state index is -0.682. The Hall–Kier alpha value is -4.73. The Morgan fingerprint density at radius 2 is 1.77 bits per heavy atom. The van der Waals surface area contributed by atoms with Crippen LogP contribution in [-0.4, -0.2) is 77.2 Å². The van der Waals surface area contributed by atoms with Crippen LogP contribution in [0.1, 0.15) is 40.7 Å². The molecule has 6 rings (SSSR count). The van der Waals surface area contributed by atoms with Crippen molar-refractivity contribution in [3.63, 3.8) is 0 Å². The normalized spacial score (nSPS) is 18.9. The molecule has 0 bridgehead atoms. The molecule has 1 fully saturated rings. The SMILES string of the molecule is Cc1ccccc1CN(CC(=O)Nc1ccc2c(c1)CC1(C2)C(=O)Nc2ncccc21)C(=O)C1CCN(C(=O)N(C)C)CC1. The lowest BCUT2D eigenvalue weighted by Gasteiger charge is -2.35. The number of benzene rings is 2. The second-order valence-electron chi connectivity index (χ2n) is 12.4. The van der Waals surface area contributed by atoms with Crippen LogP contribution in [0.15, 0.2) is 60.8 Å². The van der Waals surface area contributed by atoms with Gasteiger partial charge in [0, 0.05) is 57.1 Å². The molecule has 1 atom stereocenters. The predicted octanol–water partition coefficient (Wildman–Crippen LogP) is 3.74. The van der Waals surface area contributed by atoms with Crippen molar-refractivity contribution in [2.24, 2.45) is 5.92 Å². The molecule has 3 aliphatic rings. The number of fused-ring (bicyclic) bond motifs is 3. The van der Waals surface area contributed by atoms with E-state index >= 15 is 0 Å². The quantitative estimate of drug-likeness (QED) is 0.451. The number of carbonyl (C=O) groups is 4. The fourth-order valence-electron chi connectivity index (χ4n) is 6.78. The van der Waals surface area contributed by atoms with Crippen LogP contribution in [0.5, 0.6) is 0 Å². The Kier molecular flexibility index (Phi) is 7.84. The molecule has 10 nitrogen and oxygen atoms in total. The molecule has 2 aliphatic heterocycles. The number of aromatic nitrogens is 1. The van der Waals surface area contributed by atoms with Gasteiger partial charge in [-0.1, -0.05) is 36.4 Å². The first kappa shape index (κ1) is 29.3. The minimum Gasteiger partial charge on any atom is -0.331 e. The fourth-order valence-corrected chi connectivity index (χ4v) is 6.78. The van der Waals surface area contributed by atoms with Gasteiger partial charge in [0.1, 0.15) is 12.4 Å². The third kappa shape index (κ3) is 5.52. The molecule has 1 spiro atoms. The second-order valence-corrected chi connectivity index (χ2v) is 12.4. The van der Waals surface area contributed by atoms with Crippen molar-refractivity contribution in [2.75, 3.05) is 44.4 Å². The van der Waals surface area contributed by atoms with E-state index in [1.807, 2.05) is 61.5 Å². The Labute approximate surface area is 257 Å². The maximum absolute atomic E-state index is 13.8. The van der Waals surface area contributed by atoms with E-state index in [1.54, 1.807) is 35.0 Å². The van der Waals surface area contributed by atoms with Crippen LogP contribution in [0.2, 0.25) is 0 Å². The molecule has 44 heavy (non-hydrogen) atoms. The molecule has 3 aromatic rings. The summed E-state index contributed by atoms with van der Waals surface area (Å²) < 4.78 is 0. The second kappa shape index (κ2) is 11.7. The van der Waals surface area contributed by atoms with Crippen molar-refractivity contribution < 1.29 is 19.2 Å². The highest BCUT2D eigenvalue weighted by Gasteiger charge is 2.51. The average Bonchev–Trinajstić information content (AvgIpc) is 3.53. The molecule has 1 saturated heterocycles. The van der Waals surface area contributed by atoms with Crippen LogP contribution in [0.3, 0.4) is 0 Å². The number of amides is 5. The molecule has 1 aromatic heterocycles. The van der Waals surface area contributed by atoms with Gasteiger partial charge < -0.3 is 25.3 Å². The molecule has 1 aliphatic carbocycles. The summed E-state index contributed by atoms with van der Waals surface area (Å²) in [6.07, 6.45) is 3.91. The number of piperidine rings is 1. The van der Waals surface area contributed by atoms with Gasteiger partial charge in [-0.15, -0.1) is 0 Å². The van der Waals surface area contributed by atoms with E-state index in [2.05, 4.69) is 15.6 Å². The fraction of sp³-hybridized carbons (Fsp3) is 0.382. The summed E-state index contributed by atoms with van der Waals surface area (Å²) in [6, 6.07) is 17.4. The molecule has 3 heterocycles. The number of anilines is 2. The molecule has 5 amide bonds. The number of carbonyl (C=O) groups excluding carboxylic acids is 4. The first-order valence-corrected chi connectivity index (χ1v) is 15.1. The van der Waals surface area contributed by atoms with Gasteiger partial charge in [0.2, 0.25) is 17.7 Å². The Morgan fingerprint density at radius 1 is 1.02 bits per heavy atom. The summed E-state index contributed by atoms with van der Waals surface area (Å²) in [7, 11) is 3.45. The van der Waals surface area contributed by atoms with Gasteiger partial charge in [-0.25, -0.2) is 9.78 Å². The van der Waals surface area contributed by atoms with Crippen LogP contribution < -0.4 is 10.6 Å². The zero-order valence-corrected chi connectivity index (χ0v) is 25.4. The summed E-state index contributed by atoms with van der Waals surface area (Å²) in [6.45, 7) is 3.25. The van der Waals surface area contributed by atoms with Crippen LogP contribution in [0.25, 0.3) is 0 Å². The summed E-state index contributed by atoms with van der Waals surface area (Å²) in [5.74, 6) is -0.0460. The number of aryl methyl sites for hydroxylation is 1. The molecule has 10 heteroatoms. The van der Waals surface area contributed by atoms with Gasteiger partial charge in [0.05, 0.1) is 5.41 Å². The van der Waals surface area contributed by atoms with Crippen molar-refractivity contribution in [1.29, 1.82) is 0 Å². The predicted molar refractivity (Wildman–Crippen MR) is 167 cm³/mol. The van der Waals surface area contributed by atoms with E-state index in [4.69, 9.17) is 0 Å². The van der Waals surface area contributed by atoms with Crippen LogP contribution in [0.4, 0.5) is 16.3 Å². The molecular weight excluding hydrogens is 556 g/mol. The average molecular weight is 595 g/mol. The third-order valence-electron chi connectivity index (χ3n) is 9.23. The minimum absolute atomic E-state index is 0.0461. The van der Waals surface area contributed by atoms with Crippen LogP contribution >= 0.6 is 0 Å². The van der Waals surface area contributed by atoms with Gasteiger partial charge in [0.15, 0.2) is 0 Å². The number of nitrogens with one attached hydrogen (secondary N) is 2. The smallest absolute Gasteiger partial charge is 0.319 e. The molecule has 2 N–H and O–H groups in total. The maximum Gasteiger partial charge on any atom is 0.319 e. The van der Waals surface area contributed by atoms with Crippen molar-refractivity contribution in [3.8, 4) is 0 Å². The Bertz CT molecular complexity index is 1630. The number of urea groups is 1. The Morgan fingerprint density at radius 3 is 2.52 bits per heavy atom. The van der Waals surface area contributed by atoms with E-state index in [0.717, 1.165) is 27.8 Å². The lowest BCUT2D eigenvalue weighted by Crippen LogP contribution is -2.48. The van der Waals surface area contributed by atoms with E-state index < -0.39 is 5.41 Å². The van der Waals surface area contributed by atoms with E-state index in [9.17, 15) is 19.2 Å².